The Morgan fingerprint density at radius 2 is 1.75 bits per heavy atom. The van der Waals surface area contributed by atoms with Crippen LogP contribution in [0.15, 0.2) is 48.5 Å². The van der Waals surface area contributed by atoms with Crippen LogP contribution < -0.4 is 9.47 Å². The van der Waals surface area contributed by atoms with Gasteiger partial charge >= 0.3 is 0 Å². The van der Waals surface area contributed by atoms with E-state index in [2.05, 4.69) is 24.0 Å². The highest BCUT2D eigenvalue weighted by Crippen LogP contribution is 2.41. The highest BCUT2D eigenvalue weighted by atomic mass is 35.5. The van der Waals surface area contributed by atoms with Crippen molar-refractivity contribution in [1.82, 2.24) is 9.88 Å². The van der Waals surface area contributed by atoms with Crippen molar-refractivity contribution in [2.24, 2.45) is 5.41 Å². The lowest BCUT2D eigenvalue weighted by molar-refractivity contribution is -0.191. The number of rotatable bonds is 4. The molecule has 3 aliphatic rings. The highest BCUT2D eigenvalue weighted by molar-refractivity contribution is 6.36. The molecule has 0 amide bonds. The predicted octanol–water partition coefficient (Wildman–Crippen LogP) is 4.98. The molecule has 2 saturated heterocycles. The number of ether oxygens (including phenoxy) is 3. The molecule has 6 rings (SSSR count). The molecular weight excluding hydrogens is 424 g/mol. The van der Waals surface area contributed by atoms with Crippen molar-refractivity contribution >= 4 is 11.6 Å². The van der Waals surface area contributed by atoms with E-state index in [9.17, 15) is 0 Å². The van der Waals surface area contributed by atoms with Gasteiger partial charge in [0.05, 0.1) is 23.9 Å². The monoisotopic (exact) mass is 448 g/mol. The van der Waals surface area contributed by atoms with Crippen LogP contribution in [0, 0.1) is 12.3 Å². The largest absolute Gasteiger partial charge is 0.486 e. The molecule has 0 saturated carbocycles. The molecule has 3 aliphatic heterocycles. The number of pyridine rings is 1. The molecule has 1 aromatic heterocycles. The molecule has 0 aliphatic carbocycles. The van der Waals surface area contributed by atoms with Crippen LogP contribution in [0.4, 0.5) is 0 Å². The second-order valence-electron chi connectivity index (χ2n) is 9.10. The Morgan fingerprint density at radius 3 is 2.50 bits per heavy atom. The van der Waals surface area contributed by atoms with Crippen molar-refractivity contribution in [1.29, 1.82) is 0 Å². The second-order valence-corrected chi connectivity index (χ2v) is 9.48. The van der Waals surface area contributed by atoms with Crippen LogP contribution in [0.5, 0.6) is 11.5 Å². The molecule has 2 fully saturated rings. The molecule has 0 radical (unpaired) electrons. The first-order valence-corrected chi connectivity index (χ1v) is 11.4. The second kappa shape index (κ2) is 7.77. The molecule has 4 heterocycles. The summed E-state index contributed by atoms with van der Waals surface area (Å²) in [4.78, 5) is 7.38. The molecule has 5 nitrogen and oxygen atoms in total. The van der Waals surface area contributed by atoms with Crippen LogP contribution >= 0.6 is 11.6 Å². The lowest BCUT2D eigenvalue weighted by Crippen LogP contribution is -2.65. The van der Waals surface area contributed by atoms with Gasteiger partial charge in [-0.15, -0.1) is 0 Å². The number of hydrogen-bond acceptors (Lipinski definition) is 5. The number of hydrogen-bond donors (Lipinski definition) is 0. The van der Waals surface area contributed by atoms with Gasteiger partial charge in [-0.25, -0.2) is 0 Å². The van der Waals surface area contributed by atoms with E-state index in [-0.39, 0.29) is 0 Å². The summed E-state index contributed by atoms with van der Waals surface area (Å²) < 4.78 is 16.8. The first-order chi connectivity index (χ1) is 15.6. The normalized spacial score (nSPS) is 18.8. The standard InChI is InChI=1S/C26H25ClN2O3/c1-17-19(12-29-13-26(14-29)15-30-16-26)5-7-22(28-17)21-4-2-3-20(25(21)27)18-6-8-23-24(11-18)32-10-9-31-23/h2-8,11H,9-10,12-16H2,1H3. The molecule has 0 unspecified atom stereocenters. The van der Waals surface area contributed by atoms with Gasteiger partial charge in [0.25, 0.3) is 0 Å². The molecular formula is C26H25ClN2O3. The van der Waals surface area contributed by atoms with E-state index in [4.69, 9.17) is 30.8 Å². The van der Waals surface area contributed by atoms with Gasteiger partial charge in [-0.3, -0.25) is 9.88 Å². The van der Waals surface area contributed by atoms with Gasteiger partial charge in [-0.1, -0.05) is 41.9 Å². The summed E-state index contributed by atoms with van der Waals surface area (Å²) in [5.41, 5.74) is 6.53. The zero-order chi connectivity index (χ0) is 21.7. The van der Waals surface area contributed by atoms with Gasteiger partial charge in [-0.05, 0) is 36.2 Å². The molecule has 2 aromatic carbocycles. The van der Waals surface area contributed by atoms with Gasteiger partial charge in [-0.2, -0.15) is 0 Å². The molecule has 1 spiro atoms. The minimum atomic E-state index is 0.434. The number of halogens is 1. The summed E-state index contributed by atoms with van der Waals surface area (Å²) >= 11 is 6.89. The van der Waals surface area contributed by atoms with Gasteiger partial charge in [0, 0.05) is 41.9 Å². The van der Waals surface area contributed by atoms with Gasteiger partial charge in [0.1, 0.15) is 13.2 Å². The average molecular weight is 449 g/mol. The number of likely N-dealkylation sites (tertiary alicyclic amines) is 1. The van der Waals surface area contributed by atoms with Crippen molar-refractivity contribution in [2.75, 3.05) is 39.5 Å². The van der Waals surface area contributed by atoms with E-state index >= 15 is 0 Å². The Labute approximate surface area is 192 Å². The van der Waals surface area contributed by atoms with E-state index in [1.54, 1.807) is 0 Å². The summed E-state index contributed by atoms with van der Waals surface area (Å²) in [6.45, 7) is 8.23. The Balaban J connectivity index is 1.26. The van der Waals surface area contributed by atoms with E-state index in [1.165, 1.54) is 5.56 Å². The molecule has 0 atom stereocenters. The van der Waals surface area contributed by atoms with Crippen LogP contribution in [0.25, 0.3) is 22.4 Å². The maximum atomic E-state index is 6.89. The molecule has 32 heavy (non-hydrogen) atoms. The third-order valence-corrected chi connectivity index (χ3v) is 7.06. The SMILES string of the molecule is Cc1nc(-c2cccc(-c3ccc4c(c3)OCCO4)c2Cl)ccc1CN1CC2(COC2)C1. The first-order valence-electron chi connectivity index (χ1n) is 11.1. The Bertz CT molecular complexity index is 1180. The molecule has 3 aromatic rings. The summed E-state index contributed by atoms with van der Waals surface area (Å²) in [7, 11) is 0. The maximum absolute atomic E-state index is 6.89. The smallest absolute Gasteiger partial charge is 0.161 e. The van der Waals surface area contributed by atoms with Crippen LogP contribution in [0.3, 0.4) is 0 Å². The van der Waals surface area contributed by atoms with Crippen molar-refractivity contribution in [3.63, 3.8) is 0 Å². The minimum absolute atomic E-state index is 0.434. The maximum Gasteiger partial charge on any atom is 0.161 e. The van der Waals surface area contributed by atoms with Crippen LogP contribution in [0.2, 0.25) is 5.02 Å². The Kier molecular flexibility index (Phi) is 4.86. The summed E-state index contributed by atoms with van der Waals surface area (Å²) in [5.74, 6) is 1.54. The topological polar surface area (TPSA) is 43.8 Å². The summed E-state index contributed by atoms with van der Waals surface area (Å²) in [5, 5.41) is 0.693. The molecule has 6 heteroatoms. The molecule has 0 N–H and O–H groups in total. The zero-order valence-electron chi connectivity index (χ0n) is 18.1. The van der Waals surface area contributed by atoms with E-state index in [1.807, 2.05) is 36.4 Å². The number of benzene rings is 2. The number of nitrogens with zero attached hydrogens (tertiary/aromatic N) is 2. The lowest BCUT2D eigenvalue weighted by atomic mass is 9.78. The van der Waals surface area contributed by atoms with Gasteiger partial charge in [0.2, 0.25) is 0 Å². The van der Waals surface area contributed by atoms with E-state index in [0.717, 1.165) is 72.4 Å². The molecule has 164 valence electrons. The van der Waals surface area contributed by atoms with Crippen LogP contribution in [0.1, 0.15) is 11.3 Å². The van der Waals surface area contributed by atoms with Gasteiger partial charge < -0.3 is 14.2 Å². The van der Waals surface area contributed by atoms with Gasteiger partial charge in [0.15, 0.2) is 11.5 Å². The average Bonchev–Trinajstić information content (AvgIpc) is 2.75. The van der Waals surface area contributed by atoms with Crippen molar-refractivity contribution in [3.05, 3.63) is 64.8 Å². The van der Waals surface area contributed by atoms with Crippen molar-refractivity contribution in [2.45, 2.75) is 13.5 Å². The fourth-order valence-corrected chi connectivity index (χ4v) is 5.23. The fraction of sp³-hybridized carbons (Fsp3) is 0.346. The third-order valence-electron chi connectivity index (χ3n) is 6.65. The number of aryl methyl sites for hydroxylation is 1. The van der Waals surface area contributed by atoms with Crippen LogP contribution in [-0.2, 0) is 11.3 Å². The quantitative estimate of drug-likeness (QED) is 0.563. The Morgan fingerprint density at radius 1 is 0.969 bits per heavy atom. The third kappa shape index (κ3) is 3.45. The summed E-state index contributed by atoms with van der Waals surface area (Å²) in [6, 6.07) is 16.3. The first kappa shape index (κ1) is 20.0. The summed E-state index contributed by atoms with van der Waals surface area (Å²) in [6.07, 6.45) is 0. The van der Waals surface area contributed by atoms with Crippen molar-refractivity contribution in [3.8, 4) is 33.9 Å². The lowest BCUT2D eigenvalue weighted by Gasteiger charge is -2.55. The van der Waals surface area contributed by atoms with Crippen LogP contribution in [-0.4, -0.2) is 49.4 Å². The number of fused-ring (bicyclic) bond motifs is 1. The predicted molar refractivity (Wildman–Crippen MR) is 124 cm³/mol. The minimum Gasteiger partial charge on any atom is -0.486 e. The van der Waals surface area contributed by atoms with E-state index < -0.39 is 0 Å². The van der Waals surface area contributed by atoms with E-state index in [0.29, 0.717) is 23.7 Å². The number of aromatic nitrogens is 1. The Hall–Kier alpha value is -2.60. The van der Waals surface area contributed by atoms with Crippen molar-refractivity contribution < 1.29 is 14.2 Å². The fourth-order valence-electron chi connectivity index (χ4n) is 4.90. The highest BCUT2D eigenvalue weighted by Gasteiger charge is 2.48. The molecule has 0 bridgehead atoms. The zero-order valence-corrected chi connectivity index (χ0v) is 18.8.